The van der Waals surface area contributed by atoms with E-state index in [9.17, 15) is 4.79 Å². The second-order valence-corrected chi connectivity index (χ2v) is 6.24. The number of aliphatic hydroxyl groups is 1. The van der Waals surface area contributed by atoms with Crippen LogP contribution in [0.4, 0.5) is 0 Å². The summed E-state index contributed by atoms with van der Waals surface area (Å²) in [6.45, 7) is 1.52. The topological polar surface area (TPSA) is 66.6 Å². The third-order valence-electron chi connectivity index (χ3n) is 4.13. The van der Waals surface area contributed by atoms with Crippen LogP contribution in [0.3, 0.4) is 0 Å². The second kappa shape index (κ2) is 7.15. The lowest BCUT2D eigenvalue weighted by Crippen LogP contribution is -2.29. The van der Waals surface area contributed by atoms with E-state index >= 15 is 0 Å². The molecule has 3 rings (SSSR count). The summed E-state index contributed by atoms with van der Waals surface area (Å²) in [4.78, 5) is 18.2. The van der Waals surface area contributed by atoms with Gasteiger partial charge in [-0.25, -0.2) is 4.98 Å². The lowest BCUT2D eigenvalue weighted by Gasteiger charge is -2.15. The van der Waals surface area contributed by atoms with Crippen molar-refractivity contribution in [3.63, 3.8) is 0 Å². The molecular weight excluding hydrogens is 316 g/mol. The normalized spacial score (nSPS) is 17.7. The third-order valence-corrected chi connectivity index (χ3v) is 4.38. The molecule has 0 bridgehead atoms. The highest BCUT2D eigenvalue weighted by Gasteiger charge is 2.25. The summed E-state index contributed by atoms with van der Waals surface area (Å²) in [5.41, 5.74) is 0.907. The Bertz CT molecular complexity index is 669. The van der Waals surface area contributed by atoms with Gasteiger partial charge >= 0.3 is 0 Å². The fourth-order valence-corrected chi connectivity index (χ4v) is 2.88. The van der Waals surface area contributed by atoms with Crippen LogP contribution in [0.25, 0.3) is 11.3 Å². The number of rotatable bonds is 5. The summed E-state index contributed by atoms with van der Waals surface area (Å²) >= 11 is 5.87. The molecule has 1 amide bonds. The SMILES string of the molecule is O=C(CCc1ncc(-c2ccc(Cl)cc2)o1)N1CCC(CO)C1. The monoisotopic (exact) mass is 334 g/mol. The van der Waals surface area contributed by atoms with Crippen molar-refractivity contribution in [2.75, 3.05) is 19.7 Å². The molecule has 1 aromatic carbocycles. The minimum absolute atomic E-state index is 0.0900. The highest BCUT2D eigenvalue weighted by molar-refractivity contribution is 6.30. The quantitative estimate of drug-likeness (QED) is 0.913. The number of aryl methyl sites for hydroxylation is 1. The number of amides is 1. The van der Waals surface area contributed by atoms with Gasteiger partial charge in [0.1, 0.15) is 0 Å². The zero-order chi connectivity index (χ0) is 16.2. The summed E-state index contributed by atoms with van der Waals surface area (Å²) in [5, 5.41) is 9.80. The van der Waals surface area contributed by atoms with Crippen LogP contribution in [0.1, 0.15) is 18.7 Å². The highest BCUT2D eigenvalue weighted by Crippen LogP contribution is 2.23. The average molecular weight is 335 g/mol. The first-order valence-corrected chi connectivity index (χ1v) is 8.13. The number of nitrogens with zero attached hydrogens (tertiary/aromatic N) is 2. The van der Waals surface area contributed by atoms with Gasteiger partial charge in [-0.2, -0.15) is 0 Å². The Morgan fingerprint density at radius 1 is 1.39 bits per heavy atom. The number of benzene rings is 1. The van der Waals surface area contributed by atoms with Crippen LogP contribution in [-0.2, 0) is 11.2 Å². The molecule has 6 heteroatoms. The van der Waals surface area contributed by atoms with Gasteiger partial charge < -0.3 is 14.4 Å². The van der Waals surface area contributed by atoms with Crippen molar-refractivity contribution in [2.45, 2.75) is 19.3 Å². The molecule has 122 valence electrons. The maximum Gasteiger partial charge on any atom is 0.223 e. The Balaban J connectivity index is 1.55. The van der Waals surface area contributed by atoms with E-state index in [0.717, 1.165) is 18.5 Å². The molecule has 1 atom stereocenters. The van der Waals surface area contributed by atoms with E-state index in [-0.39, 0.29) is 18.4 Å². The van der Waals surface area contributed by atoms with E-state index in [0.29, 0.717) is 36.1 Å². The lowest BCUT2D eigenvalue weighted by molar-refractivity contribution is -0.130. The zero-order valence-corrected chi connectivity index (χ0v) is 13.5. The fraction of sp³-hybridized carbons (Fsp3) is 0.412. The van der Waals surface area contributed by atoms with Crippen molar-refractivity contribution in [3.8, 4) is 11.3 Å². The Hall–Kier alpha value is -1.85. The van der Waals surface area contributed by atoms with Gasteiger partial charge in [0.05, 0.1) is 6.20 Å². The van der Waals surface area contributed by atoms with E-state index in [2.05, 4.69) is 4.98 Å². The van der Waals surface area contributed by atoms with Crippen molar-refractivity contribution < 1.29 is 14.3 Å². The van der Waals surface area contributed by atoms with Gasteiger partial charge in [-0.1, -0.05) is 11.6 Å². The van der Waals surface area contributed by atoms with Crippen LogP contribution < -0.4 is 0 Å². The molecule has 1 saturated heterocycles. The molecule has 23 heavy (non-hydrogen) atoms. The number of halogens is 1. The molecule has 1 N–H and O–H groups in total. The summed E-state index contributed by atoms with van der Waals surface area (Å²) < 4.78 is 5.70. The van der Waals surface area contributed by atoms with Crippen LogP contribution >= 0.6 is 11.6 Å². The van der Waals surface area contributed by atoms with E-state index in [4.69, 9.17) is 21.1 Å². The zero-order valence-electron chi connectivity index (χ0n) is 12.7. The molecular formula is C17H19ClN2O3. The third kappa shape index (κ3) is 3.92. The molecule has 0 saturated carbocycles. The molecule has 5 nitrogen and oxygen atoms in total. The number of hydrogen-bond acceptors (Lipinski definition) is 4. The Labute approximate surface area is 139 Å². The molecule has 1 fully saturated rings. The molecule has 0 spiro atoms. The molecule has 1 unspecified atom stereocenters. The molecule has 2 heterocycles. The van der Waals surface area contributed by atoms with Crippen LogP contribution in [0, 0.1) is 5.92 Å². The standard InChI is InChI=1S/C17H19ClN2O3/c18-14-3-1-13(2-4-14)15-9-19-16(23-15)5-6-17(22)20-8-7-12(10-20)11-21/h1-4,9,12,21H,5-8,10-11H2. The van der Waals surface area contributed by atoms with E-state index in [1.165, 1.54) is 0 Å². The summed E-state index contributed by atoms with van der Waals surface area (Å²) in [6, 6.07) is 7.34. The molecule has 1 aliphatic rings. The smallest absolute Gasteiger partial charge is 0.223 e. The highest BCUT2D eigenvalue weighted by atomic mass is 35.5. The summed E-state index contributed by atoms with van der Waals surface area (Å²) in [7, 11) is 0. The van der Waals surface area contributed by atoms with Gasteiger partial charge in [0.15, 0.2) is 11.7 Å². The predicted molar refractivity (Wildman–Crippen MR) is 87.0 cm³/mol. The van der Waals surface area contributed by atoms with Crippen molar-refractivity contribution >= 4 is 17.5 Å². The largest absolute Gasteiger partial charge is 0.441 e. The lowest BCUT2D eigenvalue weighted by atomic mass is 10.1. The van der Waals surface area contributed by atoms with Crippen LogP contribution in [-0.4, -0.2) is 40.6 Å². The van der Waals surface area contributed by atoms with Crippen molar-refractivity contribution in [1.29, 1.82) is 0 Å². The van der Waals surface area contributed by atoms with Crippen LogP contribution in [0.15, 0.2) is 34.9 Å². The number of oxazole rings is 1. The molecule has 2 aromatic rings. The minimum atomic E-state index is 0.0900. The van der Waals surface area contributed by atoms with Gasteiger partial charge in [-0.3, -0.25) is 4.79 Å². The second-order valence-electron chi connectivity index (χ2n) is 5.80. The summed E-state index contributed by atoms with van der Waals surface area (Å²) in [6.07, 6.45) is 3.40. The number of carbonyl (C=O) groups is 1. The fourth-order valence-electron chi connectivity index (χ4n) is 2.75. The van der Waals surface area contributed by atoms with E-state index < -0.39 is 0 Å². The first-order valence-electron chi connectivity index (χ1n) is 7.75. The van der Waals surface area contributed by atoms with E-state index in [1.54, 1.807) is 18.3 Å². The molecule has 0 radical (unpaired) electrons. The average Bonchev–Trinajstić information content (AvgIpc) is 3.22. The molecule has 0 aliphatic carbocycles. The van der Waals surface area contributed by atoms with E-state index in [1.807, 2.05) is 17.0 Å². The minimum Gasteiger partial charge on any atom is -0.441 e. The van der Waals surface area contributed by atoms with Gasteiger partial charge in [0, 0.05) is 49.0 Å². The Kier molecular flexibility index (Phi) is 4.98. The van der Waals surface area contributed by atoms with Crippen molar-refractivity contribution in [3.05, 3.63) is 41.4 Å². The number of hydrogen-bond donors (Lipinski definition) is 1. The Morgan fingerprint density at radius 3 is 2.87 bits per heavy atom. The van der Waals surface area contributed by atoms with Gasteiger partial charge in [0.2, 0.25) is 5.91 Å². The number of aliphatic hydroxyl groups excluding tert-OH is 1. The first kappa shape index (κ1) is 16.0. The van der Waals surface area contributed by atoms with Crippen LogP contribution in [0.5, 0.6) is 0 Å². The maximum atomic E-state index is 12.2. The van der Waals surface area contributed by atoms with Crippen LogP contribution in [0.2, 0.25) is 5.02 Å². The number of likely N-dealkylation sites (tertiary alicyclic amines) is 1. The summed E-state index contributed by atoms with van der Waals surface area (Å²) in [5.74, 6) is 1.54. The van der Waals surface area contributed by atoms with Gasteiger partial charge in [-0.15, -0.1) is 0 Å². The van der Waals surface area contributed by atoms with Crippen molar-refractivity contribution in [1.82, 2.24) is 9.88 Å². The molecule has 1 aromatic heterocycles. The molecule has 1 aliphatic heterocycles. The first-order chi connectivity index (χ1) is 11.2. The van der Waals surface area contributed by atoms with Crippen molar-refractivity contribution in [2.24, 2.45) is 5.92 Å². The maximum absolute atomic E-state index is 12.2. The van der Waals surface area contributed by atoms with Gasteiger partial charge in [0.25, 0.3) is 0 Å². The number of carbonyl (C=O) groups excluding carboxylic acids is 1. The number of aromatic nitrogens is 1. The van der Waals surface area contributed by atoms with Gasteiger partial charge in [-0.05, 0) is 30.7 Å². The predicted octanol–water partition coefficient (Wildman–Crippen LogP) is 2.77. The Morgan fingerprint density at radius 2 is 2.17 bits per heavy atom.